The molecule has 0 bridgehead atoms. The second-order valence-corrected chi connectivity index (χ2v) is 6.46. The van der Waals surface area contributed by atoms with Crippen LogP contribution < -0.4 is 5.32 Å². The standard InChI is InChI=1S/C18H18ClNO3S/c1-13(18(22)20-15-8-3-2-4-9-15)23-17(21)12-24-11-14-7-5-6-10-16(14)19/h2-10,13H,11-12H2,1H3,(H,20,22)/t13-/m1/s1. The van der Waals surface area contributed by atoms with Gasteiger partial charge >= 0.3 is 5.97 Å². The van der Waals surface area contributed by atoms with Crippen LogP contribution in [0.5, 0.6) is 0 Å². The summed E-state index contributed by atoms with van der Waals surface area (Å²) in [6.45, 7) is 1.55. The van der Waals surface area contributed by atoms with Gasteiger partial charge in [0.05, 0.1) is 5.75 Å². The number of hydrogen-bond acceptors (Lipinski definition) is 4. The molecular weight excluding hydrogens is 346 g/mol. The van der Waals surface area contributed by atoms with Gasteiger partial charge in [-0.2, -0.15) is 0 Å². The highest BCUT2D eigenvalue weighted by atomic mass is 35.5. The number of nitrogens with one attached hydrogen (secondary N) is 1. The number of carbonyl (C=O) groups is 2. The summed E-state index contributed by atoms with van der Waals surface area (Å²) in [5.74, 6) is -0.0125. The quantitative estimate of drug-likeness (QED) is 0.751. The minimum Gasteiger partial charge on any atom is -0.452 e. The van der Waals surface area contributed by atoms with Crippen molar-refractivity contribution >= 4 is 40.9 Å². The zero-order valence-electron chi connectivity index (χ0n) is 13.2. The molecule has 1 atom stereocenters. The maximum Gasteiger partial charge on any atom is 0.316 e. The fourth-order valence-corrected chi connectivity index (χ4v) is 3.00. The monoisotopic (exact) mass is 363 g/mol. The van der Waals surface area contributed by atoms with E-state index >= 15 is 0 Å². The first-order valence-corrected chi connectivity index (χ1v) is 8.96. The Labute approximate surface area is 150 Å². The summed E-state index contributed by atoms with van der Waals surface area (Å²) in [5, 5.41) is 3.37. The van der Waals surface area contributed by atoms with Crippen LogP contribution in [0.2, 0.25) is 5.02 Å². The number of esters is 1. The first-order chi connectivity index (χ1) is 11.6. The molecule has 2 rings (SSSR count). The van der Waals surface area contributed by atoms with Gasteiger partial charge in [0.25, 0.3) is 5.91 Å². The van der Waals surface area contributed by atoms with Gasteiger partial charge in [-0.05, 0) is 30.7 Å². The summed E-state index contributed by atoms with van der Waals surface area (Å²) in [7, 11) is 0. The van der Waals surface area contributed by atoms with Crippen LogP contribution in [0.25, 0.3) is 0 Å². The summed E-state index contributed by atoms with van der Waals surface area (Å²) in [4.78, 5) is 23.8. The van der Waals surface area contributed by atoms with E-state index in [1.807, 2.05) is 42.5 Å². The first kappa shape index (κ1) is 18.4. The van der Waals surface area contributed by atoms with Gasteiger partial charge in [0.15, 0.2) is 6.10 Å². The van der Waals surface area contributed by atoms with Crippen molar-refractivity contribution in [3.05, 3.63) is 65.2 Å². The third kappa shape index (κ3) is 5.91. The number of benzene rings is 2. The third-order valence-electron chi connectivity index (χ3n) is 3.15. The number of anilines is 1. The van der Waals surface area contributed by atoms with Crippen molar-refractivity contribution in [2.75, 3.05) is 11.1 Å². The SMILES string of the molecule is C[C@@H](OC(=O)CSCc1ccccc1Cl)C(=O)Nc1ccccc1. The van der Waals surface area contributed by atoms with Crippen LogP contribution >= 0.6 is 23.4 Å². The van der Waals surface area contributed by atoms with E-state index in [1.165, 1.54) is 11.8 Å². The zero-order valence-corrected chi connectivity index (χ0v) is 14.8. The van der Waals surface area contributed by atoms with Gasteiger partial charge in [0.1, 0.15) is 0 Å². The van der Waals surface area contributed by atoms with Gasteiger partial charge in [-0.25, -0.2) is 0 Å². The molecule has 126 valence electrons. The average molecular weight is 364 g/mol. The molecule has 0 saturated carbocycles. The van der Waals surface area contributed by atoms with Crippen LogP contribution in [0, 0.1) is 0 Å². The lowest BCUT2D eigenvalue weighted by molar-refractivity contribution is -0.150. The highest BCUT2D eigenvalue weighted by Gasteiger charge is 2.17. The van der Waals surface area contributed by atoms with E-state index in [0.717, 1.165) is 5.56 Å². The highest BCUT2D eigenvalue weighted by Crippen LogP contribution is 2.20. The van der Waals surface area contributed by atoms with Crippen molar-refractivity contribution in [3.63, 3.8) is 0 Å². The van der Waals surface area contributed by atoms with E-state index in [1.54, 1.807) is 19.1 Å². The molecular formula is C18H18ClNO3S. The van der Waals surface area contributed by atoms with Crippen LogP contribution in [0.4, 0.5) is 5.69 Å². The van der Waals surface area contributed by atoms with Crippen molar-refractivity contribution in [2.45, 2.75) is 18.8 Å². The molecule has 0 aromatic heterocycles. The lowest BCUT2D eigenvalue weighted by Gasteiger charge is -2.13. The maximum absolute atomic E-state index is 12.0. The van der Waals surface area contributed by atoms with E-state index in [2.05, 4.69) is 5.32 Å². The van der Waals surface area contributed by atoms with Gasteiger partial charge in [-0.1, -0.05) is 48.0 Å². The first-order valence-electron chi connectivity index (χ1n) is 7.43. The smallest absolute Gasteiger partial charge is 0.316 e. The molecule has 0 unspecified atom stereocenters. The number of carbonyl (C=O) groups excluding carboxylic acids is 2. The van der Waals surface area contributed by atoms with Gasteiger partial charge in [-0.15, -0.1) is 11.8 Å². The lowest BCUT2D eigenvalue weighted by atomic mass is 10.2. The molecule has 0 spiro atoms. The van der Waals surface area contributed by atoms with Crippen LogP contribution in [-0.2, 0) is 20.1 Å². The number of thioether (sulfide) groups is 1. The predicted octanol–water partition coefficient (Wildman–Crippen LogP) is 4.14. The Bertz CT molecular complexity index is 694. The molecule has 0 saturated heterocycles. The molecule has 4 nitrogen and oxygen atoms in total. The Hall–Kier alpha value is -1.98. The number of halogens is 1. The van der Waals surface area contributed by atoms with E-state index in [4.69, 9.17) is 16.3 Å². The molecule has 0 heterocycles. The van der Waals surface area contributed by atoms with E-state index < -0.39 is 12.1 Å². The second kappa shape index (κ2) is 9.35. The summed E-state index contributed by atoms with van der Waals surface area (Å²) in [6.07, 6.45) is -0.849. The van der Waals surface area contributed by atoms with E-state index in [0.29, 0.717) is 16.5 Å². The number of ether oxygens (including phenoxy) is 1. The Kier molecular flexibility index (Phi) is 7.15. The van der Waals surface area contributed by atoms with Crippen LogP contribution in [0.15, 0.2) is 54.6 Å². The molecule has 0 fully saturated rings. The minimum atomic E-state index is -0.849. The molecule has 2 aromatic rings. The summed E-state index contributed by atoms with van der Waals surface area (Å²) in [6, 6.07) is 16.5. The Morgan fingerprint density at radius 1 is 1.12 bits per heavy atom. The maximum atomic E-state index is 12.0. The minimum absolute atomic E-state index is 0.161. The van der Waals surface area contributed by atoms with Gasteiger partial charge in [-0.3, -0.25) is 9.59 Å². The van der Waals surface area contributed by atoms with Crippen LogP contribution in [0.1, 0.15) is 12.5 Å². The molecule has 1 amide bonds. The molecule has 0 radical (unpaired) electrons. The van der Waals surface area contributed by atoms with Crippen LogP contribution in [-0.4, -0.2) is 23.7 Å². The average Bonchev–Trinajstić information content (AvgIpc) is 2.57. The van der Waals surface area contributed by atoms with Gasteiger partial charge in [0, 0.05) is 16.5 Å². The Morgan fingerprint density at radius 2 is 1.79 bits per heavy atom. The van der Waals surface area contributed by atoms with Crippen LogP contribution in [0.3, 0.4) is 0 Å². The topological polar surface area (TPSA) is 55.4 Å². The fraction of sp³-hybridized carbons (Fsp3) is 0.222. The number of para-hydroxylation sites is 1. The van der Waals surface area contributed by atoms with Crippen molar-refractivity contribution in [3.8, 4) is 0 Å². The molecule has 6 heteroatoms. The second-order valence-electron chi connectivity index (χ2n) is 5.07. The van der Waals surface area contributed by atoms with Crippen molar-refractivity contribution < 1.29 is 14.3 Å². The van der Waals surface area contributed by atoms with Crippen molar-refractivity contribution in [1.82, 2.24) is 0 Å². The number of amides is 1. The largest absolute Gasteiger partial charge is 0.452 e. The number of hydrogen-bond donors (Lipinski definition) is 1. The van der Waals surface area contributed by atoms with Gasteiger partial charge in [0.2, 0.25) is 0 Å². The zero-order chi connectivity index (χ0) is 17.4. The number of rotatable bonds is 7. The summed E-state index contributed by atoms with van der Waals surface area (Å²) in [5.41, 5.74) is 1.63. The van der Waals surface area contributed by atoms with E-state index in [-0.39, 0.29) is 11.7 Å². The fourth-order valence-electron chi connectivity index (χ4n) is 1.91. The molecule has 0 aliphatic carbocycles. The van der Waals surface area contributed by atoms with Crippen molar-refractivity contribution in [1.29, 1.82) is 0 Å². The molecule has 24 heavy (non-hydrogen) atoms. The Morgan fingerprint density at radius 3 is 2.50 bits per heavy atom. The normalized spacial score (nSPS) is 11.6. The van der Waals surface area contributed by atoms with E-state index in [9.17, 15) is 9.59 Å². The molecule has 2 aromatic carbocycles. The molecule has 0 aliphatic heterocycles. The summed E-state index contributed by atoms with van der Waals surface area (Å²) < 4.78 is 5.15. The lowest BCUT2D eigenvalue weighted by Crippen LogP contribution is -2.30. The Balaban J connectivity index is 1.73. The summed E-state index contributed by atoms with van der Waals surface area (Å²) >= 11 is 7.46. The van der Waals surface area contributed by atoms with Gasteiger partial charge < -0.3 is 10.1 Å². The van der Waals surface area contributed by atoms with Crippen molar-refractivity contribution in [2.24, 2.45) is 0 Å². The predicted molar refractivity (Wildman–Crippen MR) is 98.2 cm³/mol. The molecule has 1 N–H and O–H groups in total. The third-order valence-corrected chi connectivity index (χ3v) is 4.48. The molecule has 0 aliphatic rings. The highest BCUT2D eigenvalue weighted by molar-refractivity contribution is 7.99.